The van der Waals surface area contributed by atoms with E-state index in [1.165, 1.54) is 114 Å². The van der Waals surface area contributed by atoms with Crippen LogP contribution in [0.15, 0.2) is 212 Å². The minimum absolute atomic E-state index is 1.00. The predicted octanol–water partition coefficient (Wildman–Crippen LogP) is 18.2. The summed E-state index contributed by atoms with van der Waals surface area (Å²) in [5, 5.41) is 17.0. The highest BCUT2D eigenvalue weighted by Crippen LogP contribution is 2.42. The fourth-order valence-electron chi connectivity index (χ4n) is 9.71. The van der Waals surface area contributed by atoms with Gasteiger partial charge in [-0.15, -0.1) is 11.3 Å². The molecule has 0 atom stereocenters. The smallest absolute Gasteiger partial charge is 0.101 e. The molecule has 4 aromatic heterocycles. The molecule has 0 aliphatic carbocycles. The van der Waals surface area contributed by atoms with Crippen molar-refractivity contribution < 1.29 is 5.11 Å². The van der Waals surface area contributed by atoms with E-state index in [4.69, 9.17) is 5.11 Å². The summed E-state index contributed by atoms with van der Waals surface area (Å²) in [5.41, 5.74) is 14.4. The molecule has 9 aromatic carbocycles. The van der Waals surface area contributed by atoms with E-state index in [1.54, 1.807) is 0 Å². The number of hydrogen-bond donors (Lipinski definition) is 1. The molecule has 336 valence electrons. The van der Waals surface area contributed by atoms with Gasteiger partial charge in [-0.05, 0) is 125 Å². The first kappa shape index (κ1) is 45.5. The number of hydrogen-bond acceptors (Lipinski definition) is 2. The standard InChI is InChI=1S/C56H35N3S.3C2H6.CH4O/c1-3-14-41(15-4-1)57-49-20-10-8-18-43(49)45-31-36(23-27-51(45)57)38-25-29-53-47(33-38)48-34-39(26-30-54(48)59(53)56-35-40-13-7-12-22-55(40)60-56)37-24-28-52-46(32-37)44-19-9-11-21-50(44)58(52)42-16-5-2-6-17-42;4*1-2/h1-35H;3*1-2H3;2H,1H3. The summed E-state index contributed by atoms with van der Waals surface area (Å²) in [7, 11) is 1.00. The second-order valence-corrected chi connectivity index (χ2v) is 16.8. The van der Waals surface area contributed by atoms with Crippen molar-refractivity contribution in [1.29, 1.82) is 0 Å². The van der Waals surface area contributed by atoms with Crippen molar-refractivity contribution in [2.24, 2.45) is 0 Å². The van der Waals surface area contributed by atoms with E-state index >= 15 is 0 Å². The maximum atomic E-state index is 7.00. The van der Waals surface area contributed by atoms with Crippen molar-refractivity contribution in [1.82, 2.24) is 13.7 Å². The van der Waals surface area contributed by atoms with Crippen molar-refractivity contribution >= 4 is 86.8 Å². The minimum atomic E-state index is 1.00. The molecule has 0 radical (unpaired) electrons. The summed E-state index contributed by atoms with van der Waals surface area (Å²) in [6, 6.07) is 78.0. The molecule has 0 unspecified atom stereocenters. The molecule has 0 bridgehead atoms. The normalized spacial score (nSPS) is 10.9. The number of aliphatic hydroxyl groups excluding tert-OH is 1. The topological polar surface area (TPSA) is 35.0 Å². The van der Waals surface area contributed by atoms with Gasteiger partial charge in [-0.25, -0.2) is 0 Å². The molecule has 0 saturated carbocycles. The Hall–Kier alpha value is -7.70. The number of aromatic nitrogens is 3. The van der Waals surface area contributed by atoms with Gasteiger partial charge in [-0.3, -0.25) is 0 Å². The monoisotopic (exact) mass is 903 g/mol. The molecule has 1 N–H and O–H groups in total. The number of rotatable bonds is 5. The zero-order valence-electron chi connectivity index (χ0n) is 39.9. The molecular formula is C63H57N3OS. The number of fused-ring (bicyclic) bond motifs is 10. The van der Waals surface area contributed by atoms with Gasteiger partial charge in [-0.2, -0.15) is 0 Å². The van der Waals surface area contributed by atoms with E-state index in [1.807, 2.05) is 52.9 Å². The van der Waals surface area contributed by atoms with Gasteiger partial charge in [0.25, 0.3) is 0 Å². The average Bonchev–Trinajstić information content (AvgIpc) is 4.19. The van der Waals surface area contributed by atoms with E-state index in [0.29, 0.717) is 0 Å². The molecule has 0 aliphatic rings. The van der Waals surface area contributed by atoms with Gasteiger partial charge in [-0.1, -0.05) is 157 Å². The number of thiophene rings is 1. The van der Waals surface area contributed by atoms with E-state index in [0.717, 1.165) is 7.11 Å². The van der Waals surface area contributed by atoms with Crippen LogP contribution in [-0.4, -0.2) is 25.9 Å². The molecule has 4 nitrogen and oxygen atoms in total. The van der Waals surface area contributed by atoms with Crippen molar-refractivity contribution in [3.05, 3.63) is 212 Å². The van der Waals surface area contributed by atoms with Crippen molar-refractivity contribution in [2.45, 2.75) is 41.5 Å². The minimum Gasteiger partial charge on any atom is -0.400 e. The van der Waals surface area contributed by atoms with Crippen LogP contribution in [0.1, 0.15) is 41.5 Å². The van der Waals surface area contributed by atoms with Crippen molar-refractivity contribution in [3.8, 4) is 38.6 Å². The summed E-state index contributed by atoms with van der Waals surface area (Å²) >= 11 is 1.85. The lowest BCUT2D eigenvalue weighted by Crippen LogP contribution is -1.92. The lowest BCUT2D eigenvalue weighted by Gasteiger charge is -2.08. The summed E-state index contributed by atoms with van der Waals surface area (Å²) in [6.07, 6.45) is 0. The molecule has 5 heteroatoms. The third-order valence-electron chi connectivity index (χ3n) is 12.4. The van der Waals surface area contributed by atoms with Crippen LogP contribution in [-0.2, 0) is 0 Å². The number of aliphatic hydroxyl groups is 1. The van der Waals surface area contributed by atoms with Gasteiger partial charge < -0.3 is 18.8 Å². The molecule has 68 heavy (non-hydrogen) atoms. The Bertz CT molecular complexity index is 3580. The van der Waals surface area contributed by atoms with Crippen LogP contribution in [0.5, 0.6) is 0 Å². The summed E-state index contributed by atoms with van der Waals surface area (Å²) in [5.74, 6) is 0. The number of nitrogens with zero attached hydrogens (tertiary/aromatic N) is 3. The highest BCUT2D eigenvalue weighted by molar-refractivity contribution is 7.21. The van der Waals surface area contributed by atoms with Crippen molar-refractivity contribution in [2.75, 3.05) is 7.11 Å². The molecule has 13 aromatic rings. The molecule has 0 spiro atoms. The average molecular weight is 904 g/mol. The first-order valence-electron chi connectivity index (χ1n) is 24.0. The maximum Gasteiger partial charge on any atom is 0.101 e. The SMILES string of the molecule is CC.CC.CC.CO.c1ccc(-n2c3ccccc3c3cc(-c4ccc5c(c4)c4cc(-c6ccc7c(c6)c6ccccc6n7-c6ccccc6)ccc4n5-c4cc5ccccc5s4)ccc32)cc1. The predicted molar refractivity (Wildman–Crippen MR) is 298 cm³/mol. The second-order valence-electron chi connectivity index (χ2n) is 15.8. The van der Waals surface area contributed by atoms with Crippen LogP contribution in [0.4, 0.5) is 0 Å². The van der Waals surface area contributed by atoms with Crippen LogP contribution in [0.2, 0.25) is 0 Å². The lowest BCUT2D eigenvalue weighted by atomic mass is 9.98. The summed E-state index contributed by atoms with van der Waals surface area (Å²) < 4.78 is 8.53. The fourth-order valence-corrected chi connectivity index (χ4v) is 10.8. The third kappa shape index (κ3) is 7.74. The molecule has 0 fully saturated rings. The Kier molecular flexibility index (Phi) is 13.4. The summed E-state index contributed by atoms with van der Waals surface area (Å²) in [6.45, 7) is 12.0. The maximum absolute atomic E-state index is 7.00. The Morgan fingerprint density at radius 1 is 0.294 bits per heavy atom. The Morgan fingerprint density at radius 2 is 0.618 bits per heavy atom. The Morgan fingerprint density at radius 3 is 1.03 bits per heavy atom. The van der Waals surface area contributed by atoms with Crippen LogP contribution in [0.3, 0.4) is 0 Å². The molecule has 0 aliphatic heterocycles. The second kappa shape index (κ2) is 20.0. The van der Waals surface area contributed by atoms with Gasteiger partial charge in [0.05, 0.1) is 33.1 Å². The number of benzene rings is 9. The van der Waals surface area contributed by atoms with Crippen molar-refractivity contribution in [3.63, 3.8) is 0 Å². The first-order valence-corrected chi connectivity index (χ1v) is 24.8. The van der Waals surface area contributed by atoms with Crippen LogP contribution < -0.4 is 0 Å². The van der Waals surface area contributed by atoms with Gasteiger partial charge in [0, 0.05) is 55.5 Å². The van der Waals surface area contributed by atoms with E-state index in [-0.39, 0.29) is 0 Å². The van der Waals surface area contributed by atoms with Crippen LogP contribution in [0.25, 0.3) is 114 Å². The zero-order chi connectivity index (χ0) is 47.3. The lowest BCUT2D eigenvalue weighted by molar-refractivity contribution is 0.399. The van der Waals surface area contributed by atoms with Gasteiger partial charge in [0.1, 0.15) is 5.00 Å². The molecule has 13 rings (SSSR count). The third-order valence-corrected chi connectivity index (χ3v) is 13.5. The molecule has 4 heterocycles. The highest BCUT2D eigenvalue weighted by Gasteiger charge is 2.19. The molecule has 0 saturated heterocycles. The fraction of sp³-hybridized carbons (Fsp3) is 0.111. The van der Waals surface area contributed by atoms with E-state index in [2.05, 4.69) is 226 Å². The molecule has 0 amide bonds. The first-order chi connectivity index (χ1) is 33.7. The highest BCUT2D eigenvalue weighted by atomic mass is 32.1. The van der Waals surface area contributed by atoms with Gasteiger partial charge in [0.15, 0.2) is 0 Å². The van der Waals surface area contributed by atoms with E-state index in [9.17, 15) is 0 Å². The Labute approximate surface area is 403 Å². The van der Waals surface area contributed by atoms with E-state index < -0.39 is 0 Å². The molecular weight excluding hydrogens is 847 g/mol. The summed E-state index contributed by atoms with van der Waals surface area (Å²) in [4.78, 5) is 0. The zero-order valence-corrected chi connectivity index (χ0v) is 40.7. The van der Waals surface area contributed by atoms with Crippen LogP contribution >= 0.6 is 11.3 Å². The number of para-hydroxylation sites is 4. The van der Waals surface area contributed by atoms with Crippen LogP contribution in [0, 0.1) is 0 Å². The Balaban J connectivity index is 0.000000689. The van der Waals surface area contributed by atoms with Gasteiger partial charge >= 0.3 is 0 Å². The largest absolute Gasteiger partial charge is 0.400 e. The van der Waals surface area contributed by atoms with Gasteiger partial charge in [0.2, 0.25) is 0 Å². The quantitative estimate of drug-likeness (QED) is 0.183.